The van der Waals surface area contributed by atoms with Crippen molar-refractivity contribution in [2.75, 3.05) is 6.61 Å². The molecule has 5 nitrogen and oxygen atoms in total. The summed E-state index contributed by atoms with van der Waals surface area (Å²) in [6, 6.07) is 0. The smallest absolute Gasteiger partial charge is 0.302 e. The number of ether oxygens (including phenoxy) is 2. The lowest BCUT2D eigenvalue weighted by Gasteiger charge is -2.63. The van der Waals surface area contributed by atoms with Gasteiger partial charge in [-0.25, -0.2) is 0 Å². The first kappa shape index (κ1) is 26.2. The molecule has 0 aromatic heterocycles. The Bertz CT molecular complexity index is 853. The van der Waals surface area contributed by atoms with Gasteiger partial charge >= 0.3 is 5.97 Å². The number of esters is 1. The van der Waals surface area contributed by atoms with Gasteiger partial charge in [-0.1, -0.05) is 27.7 Å². The molecule has 1 unspecified atom stereocenters. The van der Waals surface area contributed by atoms with Crippen LogP contribution in [0.4, 0.5) is 0 Å². The van der Waals surface area contributed by atoms with E-state index in [0.717, 1.165) is 45.1 Å². The first-order chi connectivity index (χ1) is 16.1. The number of hydrogen-bond acceptors (Lipinski definition) is 5. The Morgan fingerprint density at radius 2 is 1.83 bits per heavy atom. The quantitative estimate of drug-likeness (QED) is 0.369. The summed E-state index contributed by atoms with van der Waals surface area (Å²) in [7, 11) is -1.89. The molecule has 4 aliphatic carbocycles. The lowest BCUT2D eigenvalue weighted by Crippen LogP contribution is -2.67. The van der Waals surface area contributed by atoms with E-state index in [0.29, 0.717) is 23.7 Å². The molecule has 1 N–H and O–H groups in total. The fraction of sp³-hybridized carbons (Fsp3) is 0.966. The summed E-state index contributed by atoms with van der Waals surface area (Å²) < 4.78 is 19.1. The summed E-state index contributed by atoms with van der Waals surface area (Å²) in [5, 5.41) is 12.6. The minimum Gasteiger partial charge on any atom is -0.463 e. The van der Waals surface area contributed by atoms with Crippen molar-refractivity contribution in [1.82, 2.24) is 0 Å². The van der Waals surface area contributed by atoms with E-state index in [1.165, 1.54) is 19.8 Å². The van der Waals surface area contributed by atoms with Crippen molar-refractivity contribution in [3.63, 3.8) is 0 Å². The van der Waals surface area contributed by atoms with E-state index < -0.39 is 13.9 Å². The van der Waals surface area contributed by atoms with Crippen molar-refractivity contribution in [3.05, 3.63) is 0 Å². The third kappa shape index (κ3) is 3.74. The molecule has 5 rings (SSSR count). The second-order valence-electron chi connectivity index (χ2n) is 14.8. The van der Waals surface area contributed by atoms with Crippen LogP contribution in [-0.2, 0) is 18.7 Å². The number of aliphatic hydroxyl groups is 1. The first-order valence-electron chi connectivity index (χ1n) is 14.3. The van der Waals surface area contributed by atoms with Crippen LogP contribution < -0.4 is 0 Å². The van der Waals surface area contributed by atoms with Gasteiger partial charge in [-0.15, -0.1) is 0 Å². The Morgan fingerprint density at radius 3 is 2.49 bits per heavy atom. The maximum absolute atomic E-state index is 12.4. The Morgan fingerprint density at radius 1 is 1.11 bits per heavy atom. The highest BCUT2D eigenvalue weighted by Gasteiger charge is 2.73. The van der Waals surface area contributed by atoms with E-state index in [9.17, 15) is 9.90 Å². The lowest BCUT2D eigenvalue weighted by atomic mass is 9.43. The molecule has 0 aromatic carbocycles. The van der Waals surface area contributed by atoms with Gasteiger partial charge in [0.15, 0.2) is 8.32 Å². The Balaban J connectivity index is 1.37. The number of carbonyl (C=O) groups is 1. The van der Waals surface area contributed by atoms with E-state index in [4.69, 9.17) is 13.9 Å². The van der Waals surface area contributed by atoms with Gasteiger partial charge < -0.3 is 19.0 Å². The minimum atomic E-state index is -1.89. The second-order valence-corrected chi connectivity index (χ2v) is 19.5. The summed E-state index contributed by atoms with van der Waals surface area (Å²) in [4.78, 5) is 11.7. The third-order valence-corrected chi connectivity index (χ3v) is 16.8. The highest BCUT2D eigenvalue weighted by Crippen LogP contribution is 2.71. The molecule has 5 aliphatic rings. The van der Waals surface area contributed by atoms with Crippen LogP contribution in [0.3, 0.4) is 0 Å². The summed E-state index contributed by atoms with van der Waals surface area (Å²) in [5.41, 5.74) is -0.658. The molecule has 1 saturated heterocycles. The normalized spacial score (nSPS) is 48.0. The lowest BCUT2D eigenvalue weighted by molar-refractivity contribution is -0.213. The minimum absolute atomic E-state index is 0.0198. The van der Waals surface area contributed by atoms with E-state index in [2.05, 4.69) is 47.7 Å². The summed E-state index contributed by atoms with van der Waals surface area (Å²) in [6.45, 7) is 18.4. The highest BCUT2D eigenvalue weighted by atomic mass is 28.4. The summed E-state index contributed by atoms with van der Waals surface area (Å²) in [5.74, 6) is 2.04. The molecule has 0 radical (unpaired) electrons. The van der Waals surface area contributed by atoms with Crippen molar-refractivity contribution < 1.29 is 23.8 Å². The molecule has 0 aromatic rings. The third-order valence-electron chi connectivity index (χ3n) is 12.3. The predicted molar refractivity (Wildman–Crippen MR) is 139 cm³/mol. The van der Waals surface area contributed by atoms with Crippen molar-refractivity contribution in [1.29, 1.82) is 0 Å². The van der Waals surface area contributed by atoms with Crippen molar-refractivity contribution >= 4 is 14.3 Å². The molecule has 200 valence electrons. The Kier molecular flexibility index (Phi) is 6.20. The number of fused-ring (bicyclic) bond motifs is 3. The Hall–Kier alpha value is -0.433. The first-order valence-corrected chi connectivity index (χ1v) is 17.2. The molecule has 6 heteroatoms. The molecule has 35 heavy (non-hydrogen) atoms. The summed E-state index contributed by atoms with van der Waals surface area (Å²) >= 11 is 0. The largest absolute Gasteiger partial charge is 0.463 e. The van der Waals surface area contributed by atoms with Gasteiger partial charge in [0, 0.05) is 30.8 Å². The van der Waals surface area contributed by atoms with Crippen LogP contribution in [0.2, 0.25) is 18.1 Å². The maximum atomic E-state index is 12.4. The van der Waals surface area contributed by atoms with Crippen LogP contribution in [0.5, 0.6) is 0 Å². The van der Waals surface area contributed by atoms with Crippen molar-refractivity contribution in [2.45, 2.75) is 135 Å². The van der Waals surface area contributed by atoms with Gasteiger partial charge in [-0.2, -0.15) is 0 Å². The molecule has 1 heterocycles. The fourth-order valence-electron chi connectivity index (χ4n) is 9.60. The average molecular weight is 507 g/mol. The fourth-order valence-corrected chi connectivity index (χ4v) is 11.0. The second kappa shape index (κ2) is 8.28. The van der Waals surface area contributed by atoms with Crippen LogP contribution in [0.25, 0.3) is 0 Å². The van der Waals surface area contributed by atoms with Crippen LogP contribution in [0.15, 0.2) is 0 Å². The maximum Gasteiger partial charge on any atom is 0.302 e. The van der Waals surface area contributed by atoms with E-state index in [1.807, 2.05) is 0 Å². The van der Waals surface area contributed by atoms with E-state index in [-0.39, 0.29) is 40.1 Å². The molecule has 2 bridgehead atoms. The Labute approximate surface area is 214 Å². The van der Waals surface area contributed by atoms with Gasteiger partial charge in [-0.05, 0) is 93.2 Å². The topological polar surface area (TPSA) is 65.0 Å². The molecule has 5 fully saturated rings. The molecular formula is C29H50O5Si. The number of hydrogen-bond donors (Lipinski definition) is 1. The molecule has 4 saturated carbocycles. The SMILES string of the molecule is CC(=O)O[C@H](C)[C@H]1CC[C@H]2[C@@H]3CC4OC[C@@]5(CC[C@H](O[Si](C)(C)C(C)(C)C)C[C@]45O)[C@H]3CC[C@]12C. The van der Waals surface area contributed by atoms with E-state index in [1.54, 1.807) is 0 Å². The number of rotatable bonds is 4. The van der Waals surface area contributed by atoms with Crippen LogP contribution >= 0.6 is 0 Å². The van der Waals surface area contributed by atoms with Gasteiger partial charge in [0.25, 0.3) is 0 Å². The van der Waals surface area contributed by atoms with Crippen LogP contribution in [0.1, 0.15) is 92.9 Å². The molecule has 1 aliphatic heterocycles. The van der Waals surface area contributed by atoms with E-state index >= 15 is 0 Å². The van der Waals surface area contributed by atoms with Crippen LogP contribution in [-0.4, -0.2) is 49.9 Å². The molecule has 10 atom stereocenters. The van der Waals surface area contributed by atoms with Gasteiger partial charge in [0.2, 0.25) is 0 Å². The van der Waals surface area contributed by atoms with Gasteiger partial charge in [0.05, 0.1) is 12.7 Å². The molecule has 0 amide bonds. The zero-order chi connectivity index (χ0) is 25.6. The summed E-state index contributed by atoms with van der Waals surface area (Å²) in [6.07, 6.45) is 8.52. The van der Waals surface area contributed by atoms with Gasteiger partial charge in [0.1, 0.15) is 11.7 Å². The zero-order valence-corrected chi connectivity index (χ0v) is 24.5. The van der Waals surface area contributed by atoms with Gasteiger partial charge in [-0.3, -0.25) is 4.79 Å². The monoisotopic (exact) mass is 506 g/mol. The zero-order valence-electron chi connectivity index (χ0n) is 23.5. The number of carbonyl (C=O) groups excluding carboxylic acids is 1. The molecule has 0 spiro atoms. The van der Waals surface area contributed by atoms with Crippen molar-refractivity contribution in [3.8, 4) is 0 Å². The average Bonchev–Trinajstić information content (AvgIpc) is 3.15. The highest BCUT2D eigenvalue weighted by molar-refractivity contribution is 6.74. The van der Waals surface area contributed by atoms with Crippen LogP contribution in [0, 0.1) is 34.5 Å². The van der Waals surface area contributed by atoms with Crippen molar-refractivity contribution in [2.24, 2.45) is 34.5 Å². The standard InChI is InChI=1S/C29H50O5Si/c1-18(33-19(2)30)22-9-10-23-21-15-25-29(31)16-20(34-35(7,8)26(3,4)5)11-14-28(29,17-32-25)24(21)12-13-27(22,23)6/h18,20-25,31H,9-17H2,1-8H3/t18-,20+,21+,22-,23+,24+,25?,27-,28+,29+/m1/s1. The molecular weight excluding hydrogens is 456 g/mol. The predicted octanol–water partition coefficient (Wildman–Crippen LogP) is 6.09.